The van der Waals surface area contributed by atoms with Gasteiger partial charge in [0.05, 0.1) is 12.8 Å². The van der Waals surface area contributed by atoms with Crippen LogP contribution in [0.1, 0.15) is 19.3 Å². The predicted octanol–water partition coefficient (Wildman–Crippen LogP) is 1.05. The van der Waals surface area contributed by atoms with Crippen LogP contribution in [0.2, 0.25) is 0 Å². The van der Waals surface area contributed by atoms with Crippen LogP contribution in [0.15, 0.2) is 0 Å². The molecule has 0 aromatic rings. The van der Waals surface area contributed by atoms with Gasteiger partial charge >= 0.3 is 0 Å². The Hall–Kier alpha value is -0.150. The second-order valence-corrected chi connectivity index (χ2v) is 4.37. The maximum Gasteiger partial charge on any atom is 0.0906 e. The Bertz CT molecular complexity index is 176. The zero-order valence-corrected chi connectivity index (χ0v) is 7.95. The van der Waals surface area contributed by atoms with Crippen molar-refractivity contribution in [2.24, 2.45) is 11.8 Å². The van der Waals surface area contributed by atoms with Crippen molar-refractivity contribution in [2.45, 2.75) is 25.4 Å². The van der Waals surface area contributed by atoms with Crippen molar-refractivity contribution in [3.63, 3.8) is 0 Å². The van der Waals surface area contributed by atoms with Crippen molar-refractivity contribution in [1.82, 2.24) is 4.90 Å². The monoisotopic (exact) mass is 187 g/mol. The standard InChI is InChI=1S/C10H18FNO/c11-4-1-5-12-6-8-2-3-10(13)9(8)7-12/h8-10,13H,1-7H2. The molecule has 0 aromatic heterocycles. The van der Waals surface area contributed by atoms with Crippen molar-refractivity contribution < 1.29 is 9.50 Å². The Kier molecular flexibility index (Phi) is 2.84. The smallest absolute Gasteiger partial charge is 0.0906 e. The molecule has 0 aromatic carbocycles. The summed E-state index contributed by atoms with van der Waals surface area (Å²) in [5.41, 5.74) is 0. The lowest BCUT2D eigenvalue weighted by Gasteiger charge is -2.16. The molecule has 1 aliphatic carbocycles. The van der Waals surface area contributed by atoms with E-state index < -0.39 is 0 Å². The fourth-order valence-corrected chi connectivity index (χ4v) is 2.79. The van der Waals surface area contributed by atoms with E-state index in [0.717, 1.165) is 32.5 Å². The molecule has 0 spiro atoms. The Balaban J connectivity index is 1.81. The van der Waals surface area contributed by atoms with E-state index in [4.69, 9.17) is 0 Å². The summed E-state index contributed by atoms with van der Waals surface area (Å²) in [5, 5.41) is 9.64. The molecule has 1 saturated heterocycles. The fourth-order valence-electron chi connectivity index (χ4n) is 2.79. The fraction of sp³-hybridized carbons (Fsp3) is 1.00. The van der Waals surface area contributed by atoms with Crippen LogP contribution in [0, 0.1) is 11.8 Å². The highest BCUT2D eigenvalue weighted by Crippen LogP contribution is 2.37. The van der Waals surface area contributed by atoms with Gasteiger partial charge in [0.25, 0.3) is 0 Å². The molecule has 2 aliphatic rings. The van der Waals surface area contributed by atoms with Crippen LogP contribution in [-0.2, 0) is 0 Å². The first-order valence-electron chi connectivity index (χ1n) is 5.27. The van der Waals surface area contributed by atoms with E-state index in [0.29, 0.717) is 18.3 Å². The molecule has 3 heteroatoms. The van der Waals surface area contributed by atoms with E-state index in [1.165, 1.54) is 0 Å². The van der Waals surface area contributed by atoms with Crippen molar-refractivity contribution in [3.8, 4) is 0 Å². The van der Waals surface area contributed by atoms with Crippen LogP contribution in [0.5, 0.6) is 0 Å². The number of halogens is 1. The van der Waals surface area contributed by atoms with Crippen molar-refractivity contribution in [3.05, 3.63) is 0 Å². The quantitative estimate of drug-likeness (QED) is 0.714. The van der Waals surface area contributed by atoms with Gasteiger partial charge in [-0.25, -0.2) is 0 Å². The molecule has 2 rings (SSSR count). The van der Waals surface area contributed by atoms with Gasteiger partial charge in [0.1, 0.15) is 0 Å². The van der Waals surface area contributed by atoms with Gasteiger partial charge in [-0.1, -0.05) is 0 Å². The lowest BCUT2D eigenvalue weighted by molar-refractivity contribution is 0.124. The van der Waals surface area contributed by atoms with Gasteiger partial charge in [0.15, 0.2) is 0 Å². The first-order chi connectivity index (χ1) is 6.31. The second-order valence-electron chi connectivity index (χ2n) is 4.37. The third-order valence-electron chi connectivity index (χ3n) is 3.50. The molecule has 3 unspecified atom stereocenters. The Morgan fingerprint density at radius 3 is 2.85 bits per heavy atom. The van der Waals surface area contributed by atoms with Gasteiger partial charge in [-0.05, 0) is 25.2 Å². The normalized spacial score (nSPS) is 39.7. The summed E-state index contributed by atoms with van der Waals surface area (Å²) in [6, 6.07) is 0. The number of aliphatic hydroxyl groups is 1. The molecule has 0 bridgehead atoms. The van der Waals surface area contributed by atoms with Gasteiger partial charge in [0, 0.05) is 25.6 Å². The first kappa shape index (κ1) is 9.41. The van der Waals surface area contributed by atoms with Crippen molar-refractivity contribution >= 4 is 0 Å². The molecule has 1 heterocycles. The summed E-state index contributed by atoms with van der Waals surface area (Å²) in [4.78, 5) is 2.30. The molecular weight excluding hydrogens is 169 g/mol. The highest BCUT2D eigenvalue weighted by molar-refractivity contribution is 4.93. The summed E-state index contributed by atoms with van der Waals surface area (Å²) in [7, 11) is 0. The highest BCUT2D eigenvalue weighted by atomic mass is 19.1. The van der Waals surface area contributed by atoms with Gasteiger partial charge in [-0.15, -0.1) is 0 Å². The summed E-state index contributed by atoms with van der Waals surface area (Å²) in [6.07, 6.45) is 2.71. The molecule has 2 fully saturated rings. The zero-order chi connectivity index (χ0) is 9.26. The maximum absolute atomic E-state index is 11.9. The van der Waals surface area contributed by atoms with Crippen LogP contribution >= 0.6 is 0 Å². The molecule has 1 aliphatic heterocycles. The van der Waals surface area contributed by atoms with Crippen molar-refractivity contribution in [1.29, 1.82) is 0 Å². The number of rotatable bonds is 3. The van der Waals surface area contributed by atoms with Crippen LogP contribution in [0.25, 0.3) is 0 Å². The average Bonchev–Trinajstić information content (AvgIpc) is 2.65. The average molecular weight is 187 g/mol. The molecule has 0 radical (unpaired) electrons. The van der Waals surface area contributed by atoms with E-state index in [2.05, 4.69) is 4.90 Å². The van der Waals surface area contributed by atoms with Gasteiger partial charge in [-0.2, -0.15) is 0 Å². The highest BCUT2D eigenvalue weighted by Gasteiger charge is 2.41. The number of nitrogens with zero attached hydrogens (tertiary/aromatic N) is 1. The number of aliphatic hydroxyl groups excluding tert-OH is 1. The van der Waals surface area contributed by atoms with E-state index in [9.17, 15) is 9.50 Å². The summed E-state index contributed by atoms with van der Waals surface area (Å²) in [6.45, 7) is 2.73. The minimum atomic E-state index is -0.214. The van der Waals surface area contributed by atoms with Crippen LogP contribution < -0.4 is 0 Å². The second kappa shape index (κ2) is 3.93. The summed E-state index contributed by atoms with van der Waals surface area (Å²) < 4.78 is 11.9. The van der Waals surface area contributed by atoms with Crippen molar-refractivity contribution in [2.75, 3.05) is 26.3 Å². The SMILES string of the molecule is OC1CCC2CN(CCCF)CC12. The molecule has 0 amide bonds. The minimum absolute atomic E-state index is 0.0830. The minimum Gasteiger partial charge on any atom is -0.393 e. The number of likely N-dealkylation sites (tertiary alicyclic amines) is 1. The lowest BCUT2D eigenvalue weighted by atomic mass is 10.00. The lowest BCUT2D eigenvalue weighted by Crippen LogP contribution is -2.25. The molecule has 76 valence electrons. The summed E-state index contributed by atoms with van der Waals surface area (Å²) in [5.74, 6) is 1.18. The molecular formula is C10H18FNO. The van der Waals surface area contributed by atoms with Crippen LogP contribution in [-0.4, -0.2) is 42.4 Å². The van der Waals surface area contributed by atoms with E-state index in [1.807, 2.05) is 0 Å². The first-order valence-corrected chi connectivity index (χ1v) is 5.27. The van der Waals surface area contributed by atoms with E-state index >= 15 is 0 Å². The Morgan fingerprint density at radius 1 is 1.31 bits per heavy atom. The Morgan fingerprint density at radius 2 is 2.15 bits per heavy atom. The van der Waals surface area contributed by atoms with E-state index in [-0.39, 0.29) is 12.8 Å². The summed E-state index contributed by atoms with van der Waals surface area (Å²) >= 11 is 0. The number of hydrogen-bond donors (Lipinski definition) is 1. The number of alkyl halides is 1. The largest absolute Gasteiger partial charge is 0.393 e. The van der Waals surface area contributed by atoms with Crippen LogP contribution in [0.3, 0.4) is 0 Å². The van der Waals surface area contributed by atoms with E-state index in [1.54, 1.807) is 0 Å². The topological polar surface area (TPSA) is 23.5 Å². The van der Waals surface area contributed by atoms with Crippen LogP contribution in [0.4, 0.5) is 4.39 Å². The number of fused-ring (bicyclic) bond motifs is 1. The third kappa shape index (κ3) is 1.86. The van der Waals surface area contributed by atoms with Gasteiger partial charge in [0.2, 0.25) is 0 Å². The third-order valence-corrected chi connectivity index (χ3v) is 3.50. The molecule has 3 atom stereocenters. The van der Waals surface area contributed by atoms with Gasteiger partial charge in [-0.3, -0.25) is 4.39 Å². The maximum atomic E-state index is 11.9. The zero-order valence-electron chi connectivity index (χ0n) is 7.95. The Labute approximate surface area is 78.7 Å². The molecule has 1 N–H and O–H groups in total. The van der Waals surface area contributed by atoms with Gasteiger partial charge < -0.3 is 10.0 Å². The predicted molar refractivity (Wildman–Crippen MR) is 49.3 cm³/mol. The molecule has 2 nitrogen and oxygen atoms in total. The molecule has 13 heavy (non-hydrogen) atoms. The molecule has 1 saturated carbocycles. The number of hydrogen-bond acceptors (Lipinski definition) is 2.